The first-order valence-electron chi connectivity index (χ1n) is 6.99. The van der Waals surface area contributed by atoms with Crippen LogP contribution in [0.25, 0.3) is 0 Å². The van der Waals surface area contributed by atoms with Crippen LogP contribution >= 0.6 is 0 Å². The minimum absolute atomic E-state index is 0.128. The molecule has 0 aliphatic heterocycles. The number of hydrogen-bond acceptors (Lipinski definition) is 1. The summed E-state index contributed by atoms with van der Waals surface area (Å²) in [6.45, 7) is 1.69. The lowest BCUT2D eigenvalue weighted by Crippen LogP contribution is -2.28. The zero-order chi connectivity index (χ0) is 15.5. The average Bonchev–Trinajstić information content (AvgIpc) is 2.90. The first-order valence-corrected chi connectivity index (χ1v) is 6.99. The van der Waals surface area contributed by atoms with Crippen LogP contribution in [0.4, 0.5) is 13.2 Å². The molecule has 1 aliphatic carbocycles. The number of hydrogen-bond donors (Lipinski definition) is 1. The van der Waals surface area contributed by atoms with Gasteiger partial charge in [-0.15, -0.1) is 0 Å². The lowest BCUT2D eigenvalue weighted by molar-refractivity contribution is -0.137. The Kier molecular flexibility index (Phi) is 4.70. The molecule has 0 unspecified atom stereocenters. The first-order chi connectivity index (χ1) is 9.86. The smallest absolute Gasteiger partial charge is 0.350 e. The second-order valence-electron chi connectivity index (χ2n) is 5.38. The number of rotatable bonds is 4. The summed E-state index contributed by atoms with van der Waals surface area (Å²) in [5.74, 6) is 0.121. The van der Waals surface area contributed by atoms with E-state index in [2.05, 4.69) is 5.32 Å². The summed E-state index contributed by atoms with van der Waals surface area (Å²) in [6, 6.07) is 4.63. The van der Waals surface area contributed by atoms with Crippen LogP contribution in [0.2, 0.25) is 0 Å². The van der Waals surface area contributed by atoms with E-state index < -0.39 is 17.8 Å². The van der Waals surface area contributed by atoms with Gasteiger partial charge in [0.15, 0.2) is 0 Å². The largest absolute Gasteiger partial charge is 0.416 e. The number of nitrogens with one attached hydrogen (secondary N) is 1. The van der Waals surface area contributed by atoms with Gasteiger partial charge in [0.05, 0.1) is 11.6 Å². The third-order valence-electron chi connectivity index (χ3n) is 3.65. The van der Waals surface area contributed by atoms with E-state index in [0.717, 1.165) is 25.0 Å². The molecule has 2 rings (SSSR count). The maximum absolute atomic E-state index is 12.7. The molecular formula is C16H18F3NO. The highest BCUT2D eigenvalue weighted by Gasteiger charge is 2.30. The highest BCUT2D eigenvalue weighted by Crippen LogP contribution is 2.30. The molecule has 5 heteroatoms. The number of allylic oxidation sites excluding steroid dienone is 2. The van der Waals surface area contributed by atoms with Gasteiger partial charge >= 0.3 is 6.18 Å². The fraction of sp³-hybridized carbons (Fsp3) is 0.438. The Hall–Kier alpha value is -1.78. The molecule has 0 heterocycles. The fourth-order valence-electron chi connectivity index (χ4n) is 2.47. The van der Waals surface area contributed by atoms with Gasteiger partial charge in [0.2, 0.25) is 5.91 Å². The summed E-state index contributed by atoms with van der Waals surface area (Å²) in [4.78, 5) is 11.9. The SMILES string of the molecule is C[C@H](NC(=O)C[C@H]1C=CCC1)c1cccc(C(F)(F)F)c1. The normalized spacial score (nSPS) is 19.5. The second-order valence-corrected chi connectivity index (χ2v) is 5.38. The first kappa shape index (κ1) is 15.6. The topological polar surface area (TPSA) is 29.1 Å². The van der Waals surface area contributed by atoms with Crippen molar-refractivity contribution in [1.82, 2.24) is 5.32 Å². The van der Waals surface area contributed by atoms with E-state index in [0.29, 0.717) is 12.0 Å². The van der Waals surface area contributed by atoms with Gasteiger partial charge in [-0.05, 0) is 43.4 Å². The van der Waals surface area contributed by atoms with Crippen LogP contribution in [0, 0.1) is 5.92 Å². The number of alkyl halides is 3. The predicted octanol–water partition coefficient (Wildman–Crippen LogP) is 4.24. The maximum Gasteiger partial charge on any atom is 0.416 e. The van der Waals surface area contributed by atoms with Crippen LogP contribution in [-0.2, 0) is 11.0 Å². The molecule has 1 aromatic rings. The number of halogens is 3. The summed E-state index contributed by atoms with van der Waals surface area (Å²) in [5, 5.41) is 2.76. The van der Waals surface area contributed by atoms with Crippen LogP contribution in [0.1, 0.15) is 43.4 Å². The number of carbonyl (C=O) groups is 1. The van der Waals surface area contributed by atoms with Crippen molar-refractivity contribution in [3.05, 3.63) is 47.5 Å². The molecule has 1 aromatic carbocycles. The van der Waals surface area contributed by atoms with E-state index in [1.165, 1.54) is 6.07 Å². The Bertz CT molecular complexity index is 537. The minimum atomic E-state index is -4.37. The number of carbonyl (C=O) groups excluding carboxylic acids is 1. The summed E-state index contributed by atoms with van der Waals surface area (Å²) in [6.07, 6.45) is 2.05. The van der Waals surface area contributed by atoms with Gasteiger partial charge in [-0.2, -0.15) is 13.2 Å². The van der Waals surface area contributed by atoms with Crippen molar-refractivity contribution in [2.45, 2.75) is 38.4 Å². The lowest BCUT2D eigenvalue weighted by atomic mass is 10.0. The Labute approximate surface area is 122 Å². The second kappa shape index (κ2) is 6.33. The number of amides is 1. The molecule has 1 N–H and O–H groups in total. The van der Waals surface area contributed by atoms with E-state index in [1.807, 2.05) is 12.2 Å². The summed E-state index contributed by atoms with van der Waals surface area (Å²) < 4.78 is 38.0. The molecule has 1 amide bonds. The van der Waals surface area contributed by atoms with Gasteiger partial charge in [-0.3, -0.25) is 4.79 Å². The van der Waals surface area contributed by atoms with Crippen LogP contribution in [0.3, 0.4) is 0 Å². The molecule has 21 heavy (non-hydrogen) atoms. The van der Waals surface area contributed by atoms with Crippen molar-refractivity contribution in [3.8, 4) is 0 Å². The van der Waals surface area contributed by atoms with Gasteiger partial charge in [-0.25, -0.2) is 0 Å². The van der Waals surface area contributed by atoms with Crippen molar-refractivity contribution in [3.63, 3.8) is 0 Å². The molecule has 1 aliphatic rings. The molecule has 0 saturated carbocycles. The zero-order valence-electron chi connectivity index (χ0n) is 11.8. The van der Waals surface area contributed by atoms with Gasteiger partial charge in [0, 0.05) is 6.42 Å². The Morgan fingerprint density at radius 2 is 2.19 bits per heavy atom. The highest BCUT2D eigenvalue weighted by molar-refractivity contribution is 5.77. The Balaban J connectivity index is 1.97. The van der Waals surface area contributed by atoms with Gasteiger partial charge in [0.25, 0.3) is 0 Å². The van der Waals surface area contributed by atoms with Crippen LogP contribution < -0.4 is 5.32 Å². The average molecular weight is 297 g/mol. The predicted molar refractivity (Wildman–Crippen MR) is 74.5 cm³/mol. The van der Waals surface area contributed by atoms with E-state index in [1.54, 1.807) is 13.0 Å². The van der Waals surface area contributed by atoms with Crippen LogP contribution in [-0.4, -0.2) is 5.91 Å². The zero-order valence-corrected chi connectivity index (χ0v) is 11.8. The van der Waals surface area contributed by atoms with Gasteiger partial charge in [-0.1, -0.05) is 24.3 Å². The molecule has 0 spiro atoms. The van der Waals surface area contributed by atoms with E-state index in [4.69, 9.17) is 0 Å². The number of benzene rings is 1. The quantitative estimate of drug-likeness (QED) is 0.828. The Morgan fingerprint density at radius 3 is 2.81 bits per heavy atom. The third-order valence-corrected chi connectivity index (χ3v) is 3.65. The van der Waals surface area contributed by atoms with Crippen molar-refractivity contribution in [2.75, 3.05) is 0 Å². The van der Waals surface area contributed by atoms with E-state index >= 15 is 0 Å². The van der Waals surface area contributed by atoms with E-state index in [-0.39, 0.29) is 11.8 Å². The van der Waals surface area contributed by atoms with Crippen molar-refractivity contribution >= 4 is 5.91 Å². The molecule has 0 radical (unpaired) electrons. The standard InChI is InChI=1S/C16H18F3NO/c1-11(20-15(21)9-12-5-2-3-6-12)13-7-4-8-14(10-13)16(17,18)19/h2,4-5,7-8,10-12H,3,6,9H2,1H3,(H,20,21)/t11-,12-/m0/s1. The van der Waals surface area contributed by atoms with Crippen molar-refractivity contribution in [2.24, 2.45) is 5.92 Å². The maximum atomic E-state index is 12.7. The fourth-order valence-corrected chi connectivity index (χ4v) is 2.47. The van der Waals surface area contributed by atoms with Crippen LogP contribution in [0.5, 0.6) is 0 Å². The molecular weight excluding hydrogens is 279 g/mol. The van der Waals surface area contributed by atoms with E-state index in [9.17, 15) is 18.0 Å². The molecule has 114 valence electrons. The molecule has 0 aromatic heterocycles. The molecule has 2 nitrogen and oxygen atoms in total. The lowest BCUT2D eigenvalue weighted by Gasteiger charge is -2.17. The van der Waals surface area contributed by atoms with Crippen LogP contribution in [0.15, 0.2) is 36.4 Å². The summed E-state index contributed by atoms with van der Waals surface area (Å²) >= 11 is 0. The van der Waals surface area contributed by atoms with Crippen molar-refractivity contribution in [1.29, 1.82) is 0 Å². The monoisotopic (exact) mass is 297 g/mol. The summed E-state index contributed by atoms with van der Waals surface area (Å²) in [7, 11) is 0. The molecule has 2 atom stereocenters. The van der Waals surface area contributed by atoms with Gasteiger partial charge < -0.3 is 5.32 Å². The Morgan fingerprint density at radius 1 is 1.43 bits per heavy atom. The molecule has 0 saturated heterocycles. The van der Waals surface area contributed by atoms with Crippen molar-refractivity contribution < 1.29 is 18.0 Å². The molecule has 0 bridgehead atoms. The molecule has 0 fully saturated rings. The highest BCUT2D eigenvalue weighted by atomic mass is 19.4. The van der Waals surface area contributed by atoms with Gasteiger partial charge in [0.1, 0.15) is 0 Å². The third kappa shape index (κ3) is 4.34. The summed E-state index contributed by atoms with van der Waals surface area (Å²) in [5.41, 5.74) is -0.236. The minimum Gasteiger partial charge on any atom is -0.350 e.